The lowest BCUT2D eigenvalue weighted by atomic mass is 10.0. The number of aliphatic hydroxyl groups is 1. The Kier molecular flexibility index (Phi) is 6.51. The van der Waals surface area contributed by atoms with Gasteiger partial charge in [-0.3, -0.25) is 23.5 Å². The maximum atomic E-state index is 13.4. The van der Waals surface area contributed by atoms with Gasteiger partial charge in [0.25, 0.3) is 5.56 Å². The number of anilines is 1. The molecule has 0 atom stereocenters. The molecular weight excluding hydrogens is 436 g/mol. The molecule has 3 heterocycles. The molecule has 0 amide bonds. The molecule has 0 unspecified atom stereocenters. The third-order valence-electron chi connectivity index (χ3n) is 5.64. The predicted molar refractivity (Wildman–Crippen MR) is 129 cm³/mol. The Morgan fingerprint density at radius 3 is 2.62 bits per heavy atom. The number of nitrogens with two attached hydrogens (primary N) is 1. The highest BCUT2D eigenvalue weighted by atomic mass is 16.5. The van der Waals surface area contributed by atoms with Gasteiger partial charge in [-0.15, -0.1) is 0 Å². The van der Waals surface area contributed by atoms with Crippen molar-refractivity contribution in [3.63, 3.8) is 0 Å². The zero-order valence-electron chi connectivity index (χ0n) is 19.4. The van der Waals surface area contributed by atoms with Crippen LogP contribution in [-0.2, 0) is 20.1 Å². The highest BCUT2D eigenvalue weighted by Crippen LogP contribution is 2.27. The van der Waals surface area contributed by atoms with Gasteiger partial charge < -0.3 is 15.6 Å². The van der Waals surface area contributed by atoms with Gasteiger partial charge in [0, 0.05) is 20.2 Å². The number of ether oxygens (including phenoxy) is 1. The summed E-state index contributed by atoms with van der Waals surface area (Å²) in [5.74, 6) is 0.875. The Bertz CT molecular complexity index is 1430. The number of nitrogen functional groups attached to an aromatic ring is 1. The summed E-state index contributed by atoms with van der Waals surface area (Å²) >= 11 is 0. The lowest BCUT2D eigenvalue weighted by Gasteiger charge is -2.12. The van der Waals surface area contributed by atoms with Crippen molar-refractivity contribution in [2.45, 2.75) is 39.3 Å². The molecule has 0 fully saturated rings. The van der Waals surface area contributed by atoms with E-state index in [-0.39, 0.29) is 43.3 Å². The number of aryl methyl sites for hydroxylation is 1. The largest absolute Gasteiger partial charge is 0.425 e. The number of hydrogen-bond acceptors (Lipinski definition) is 7. The third kappa shape index (κ3) is 4.44. The van der Waals surface area contributed by atoms with Crippen LogP contribution in [0.1, 0.15) is 37.4 Å². The van der Waals surface area contributed by atoms with Gasteiger partial charge in [0.05, 0.1) is 24.1 Å². The molecule has 3 aromatic heterocycles. The first-order valence-electron chi connectivity index (χ1n) is 11.1. The molecule has 0 aliphatic heterocycles. The van der Waals surface area contributed by atoms with Crippen LogP contribution in [0.25, 0.3) is 11.2 Å². The molecule has 0 saturated heterocycles. The highest BCUT2D eigenvalue weighted by molar-refractivity contribution is 5.72. The Balaban J connectivity index is 1.91. The number of hydrogen-bond donors (Lipinski definition) is 2. The fourth-order valence-electron chi connectivity index (χ4n) is 3.74. The number of aromatic nitrogens is 5. The summed E-state index contributed by atoms with van der Waals surface area (Å²) in [5, 5.41) is 9.21. The minimum absolute atomic E-state index is 0.0931. The van der Waals surface area contributed by atoms with Gasteiger partial charge in [-0.05, 0) is 42.2 Å². The van der Waals surface area contributed by atoms with E-state index >= 15 is 0 Å². The number of nitrogens with zero attached hydrogens (tertiary/aromatic N) is 5. The quantitative estimate of drug-likeness (QED) is 0.409. The zero-order chi connectivity index (χ0) is 24.4. The minimum Gasteiger partial charge on any atom is -0.425 e. The summed E-state index contributed by atoms with van der Waals surface area (Å²) in [6.45, 7) is 4.32. The van der Waals surface area contributed by atoms with E-state index in [9.17, 15) is 14.7 Å². The molecule has 0 aliphatic rings. The highest BCUT2D eigenvalue weighted by Gasteiger charge is 2.22. The van der Waals surface area contributed by atoms with Crippen LogP contribution in [0.3, 0.4) is 0 Å². The predicted octanol–water partition coefficient (Wildman–Crippen LogP) is 2.22. The van der Waals surface area contributed by atoms with E-state index in [1.807, 2.05) is 24.3 Å². The van der Waals surface area contributed by atoms with Crippen LogP contribution < -0.4 is 21.7 Å². The molecule has 4 rings (SSSR count). The van der Waals surface area contributed by atoms with E-state index in [0.29, 0.717) is 23.0 Å². The lowest BCUT2D eigenvalue weighted by molar-refractivity contribution is 0.277. The summed E-state index contributed by atoms with van der Waals surface area (Å²) in [6.07, 6.45) is 1.82. The molecule has 0 aliphatic carbocycles. The van der Waals surface area contributed by atoms with Crippen molar-refractivity contribution >= 4 is 16.9 Å². The molecule has 10 nitrogen and oxygen atoms in total. The smallest absolute Gasteiger partial charge is 0.332 e. The van der Waals surface area contributed by atoms with Gasteiger partial charge >= 0.3 is 11.7 Å². The molecule has 1 aromatic carbocycles. The summed E-state index contributed by atoms with van der Waals surface area (Å²) in [7, 11) is 1.56. The summed E-state index contributed by atoms with van der Waals surface area (Å²) in [4.78, 5) is 35.1. The summed E-state index contributed by atoms with van der Waals surface area (Å²) < 4.78 is 10.2. The number of aliphatic hydroxyl groups excluding tert-OH is 1. The zero-order valence-corrected chi connectivity index (χ0v) is 19.4. The standard InChI is InChI=1S/C24H28N6O4/c1-15(2)16-6-4-7-19(12-16)34-23-27-21-20(30(23)14-18-9-8-17(25)13-26-18)22(32)29(10-5-11-31)24(33)28(21)3/h4,6-9,12-13,15,31H,5,10-11,14,25H2,1-3H3. The van der Waals surface area contributed by atoms with E-state index in [4.69, 9.17) is 10.5 Å². The Morgan fingerprint density at radius 2 is 1.94 bits per heavy atom. The second kappa shape index (κ2) is 9.52. The molecule has 34 heavy (non-hydrogen) atoms. The van der Waals surface area contributed by atoms with E-state index in [1.54, 1.807) is 23.7 Å². The van der Waals surface area contributed by atoms with Crippen LogP contribution in [0.4, 0.5) is 5.69 Å². The second-order valence-corrected chi connectivity index (χ2v) is 8.44. The van der Waals surface area contributed by atoms with Crippen molar-refractivity contribution in [1.82, 2.24) is 23.7 Å². The molecule has 0 radical (unpaired) electrons. The Labute approximate surface area is 195 Å². The Hall–Kier alpha value is -3.92. The topological polar surface area (TPSA) is 130 Å². The van der Waals surface area contributed by atoms with E-state index in [1.165, 1.54) is 10.8 Å². The van der Waals surface area contributed by atoms with Crippen molar-refractivity contribution in [3.05, 3.63) is 74.7 Å². The number of pyridine rings is 1. The maximum absolute atomic E-state index is 13.4. The Morgan fingerprint density at radius 1 is 1.15 bits per heavy atom. The molecule has 0 bridgehead atoms. The van der Waals surface area contributed by atoms with Crippen molar-refractivity contribution < 1.29 is 9.84 Å². The van der Waals surface area contributed by atoms with E-state index in [0.717, 1.165) is 10.1 Å². The van der Waals surface area contributed by atoms with Gasteiger partial charge in [-0.25, -0.2) is 4.79 Å². The average molecular weight is 465 g/mol. The first-order chi connectivity index (χ1) is 16.3. The lowest BCUT2D eigenvalue weighted by Crippen LogP contribution is -2.39. The van der Waals surface area contributed by atoms with E-state index in [2.05, 4.69) is 23.8 Å². The third-order valence-corrected chi connectivity index (χ3v) is 5.64. The molecular formula is C24H28N6O4. The SMILES string of the molecule is CC(C)c1cccc(Oc2nc3c(c(=O)n(CCCO)c(=O)n3C)n2Cc2ccc(N)cn2)c1. The molecule has 10 heteroatoms. The van der Waals surface area contributed by atoms with Crippen molar-refractivity contribution in [3.8, 4) is 11.8 Å². The first kappa shape index (κ1) is 23.2. The molecule has 178 valence electrons. The number of fused-ring (bicyclic) bond motifs is 1. The molecule has 0 spiro atoms. The first-order valence-corrected chi connectivity index (χ1v) is 11.1. The van der Waals surface area contributed by atoms with E-state index < -0.39 is 11.2 Å². The minimum atomic E-state index is -0.505. The molecule has 3 N–H and O–H groups in total. The summed E-state index contributed by atoms with van der Waals surface area (Å²) in [6, 6.07) is 11.3. The molecule has 0 saturated carbocycles. The number of rotatable bonds is 8. The van der Waals surface area contributed by atoms with Gasteiger partial charge in [-0.2, -0.15) is 4.98 Å². The van der Waals surface area contributed by atoms with Gasteiger partial charge in [-0.1, -0.05) is 26.0 Å². The number of benzene rings is 1. The monoisotopic (exact) mass is 464 g/mol. The molecule has 4 aromatic rings. The van der Waals surface area contributed by atoms with Crippen LogP contribution in [0, 0.1) is 0 Å². The van der Waals surface area contributed by atoms with Crippen LogP contribution >= 0.6 is 0 Å². The van der Waals surface area contributed by atoms with Gasteiger partial charge in [0.1, 0.15) is 5.75 Å². The number of imidazole rings is 1. The van der Waals surface area contributed by atoms with Crippen molar-refractivity contribution in [1.29, 1.82) is 0 Å². The van der Waals surface area contributed by atoms with Gasteiger partial charge in [0.2, 0.25) is 0 Å². The normalized spacial score (nSPS) is 11.4. The average Bonchev–Trinajstić information content (AvgIpc) is 3.17. The van der Waals surface area contributed by atoms with Gasteiger partial charge in [0.15, 0.2) is 11.2 Å². The van der Waals surface area contributed by atoms with Crippen molar-refractivity contribution in [2.24, 2.45) is 7.05 Å². The second-order valence-electron chi connectivity index (χ2n) is 8.44. The fraction of sp³-hybridized carbons (Fsp3) is 0.333. The van der Waals surface area contributed by atoms with Crippen LogP contribution in [0.2, 0.25) is 0 Å². The maximum Gasteiger partial charge on any atom is 0.332 e. The fourth-order valence-corrected chi connectivity index (χ4v) is 3.74. The summed E-state index contributed by atoms with van der Waals surface area (Å²) in [5.41, 5.74) is 7.45. The van der Waals surface area contributed by atoms with Crippen molar-refractivity contribution in [2.75, 3.05) is 12.3 Å². The van der Waals surface area contributed by atoms with Crippen LogP contribution in [0.5, 0.6) is 11.8 Å². The van der Waals surface area contributed by atoms with Crippen LogP contribution in [-0.4, -0.2) is 35.4 Å². The van der Waals surface area contributed by atoms with Crippen LogP contribution in [0.15, 0.2) is 52.2 Å².